The number of ether oxygens (including phenoxy) is 1. The molecule has 1 aromatic heterocycles. The maximum atomic E-state index is 14.4. The zero-order chi connectivity index (χ0) is 23.0. The van der Waals surface area contributed by atoms with E-state index in [2.05, 4.69) is 9.73 Å². The topological polar surface area (TPSA) is 98.0 Å². The Bertz CT molecular complexity index is 1330. The number of esters is 1. The largest absolute Gasteiger partial charge is 0.468 e. The Kier molecular flexibility index (Phi) is 5.66. The third kappa shape index (κ3) is 3.94. The molecule has 1 aliphatic rings. The summed E-state index contributed by atoms with van der Waals surface area (Å²) in [6.07, 6.45) is 0.274. The first-order valence-electron chi connectivity index (χ1n) is 9.38. The molecule has 8 nitrogen and oxygen atoms in total. The highest BCUT2D eigenvalue weighted by Crippen LogP contribution is 2.24. The summed E-state index contributed by atoms with van der Waals surface area (Å²) in [6, 6.07) is 7.46. The molecule has 4 rings (SSSR count). The number of fused-ring (bicyclic) bond motifs is 1. The number of thiazole rings is 1. The number of carbonyl (C=O) groups is 4. The van der Waals surface area contributed by atoms with Crippen molar-refractivity contribution in [2.24, 2.45) is 4.99 Å². The Labute approximate surface area is 183 Å². The summed E-state index contributed by atoms with van der Waals surface area (Å²) < 4.78 is 34.0. The zero-order valence-corrected chi connectivity index (χ0v) is 17.4. The van der Waals surface area contributed by atoms with Crippen molar-refractivity contribution in [2.75, 3.05) is 12.0 Å². The van der Waals surface area contributed by atoms with Crippen LogP contribution in [0.5, 0.6) is 0 Å². The van der Waals surface area contributed by atoms with Gasteiger partial charge in [-0.25, -0.2) is 8.78 Å². The Hall–Kier alpha value is -3.73. The Morgan fingerprint density at radius 3 is 2.38 bits per heavy atom. The lowest BCUT2D eigenvalue weighted by Gasteiger charge is -2.13. The molecule has 1 saturated heterocycles. The number of benzene rings is 2. The number of nitrogens with zero attached hydrogens (tertiary/aromatic N) is 3. The number of carbonyl (C=O) groups excluding carboxylic acids is 4. The molecule has 0 spiro atoms. The number of imide groups is 1. The van der Waals surface area contributed by atoms with Crippen molar-refractivity contribution in [1.29, 1.82) is 0 Å². The lowest BCUT2D eigenvalue weighted by Crippen LogP contribution is -2.28. The molecule has 2 heterocycles. The van der Waals surface area contributed by atoms with Gasteiger partial charge in [-0.2, -0.15) is 4.99 Å². The van der Waals surface area contributed by atoms with Crippen LogP contribution in [0, 0.1) is 11.6 Å². The number of hydrogen-bond acceptors (Lipinski definition) is 6. The van der Waals surface area contributed by atoms with Crippen LogP contribution in [0.3, 0.4) is 0 Å². The fourth-order valence-corrected chi connectivity index (χ4v) is 4.39. The maximum absolute atomic E-state index is 14.4. The van der Waals surface area contributed by atoms with Crippen molar-refractivity contribution in [2.45, 2.75) is 19.4 Å². The van der Waals surface area contributed by atoms with Gasteiger partial charge in [-0.15, -0.1) is 0 Å². The van der Waals surface area contributed by atoms with Gasteiger partial charge in [0, 0.05) is 24.5 Å². The fourth-order valence-electron chi connectivity index (χ4n) is 3.32. The van der Waals surface area contributed by atoms with Crippen molar-refractivity contribution < 1.29 is 32.7 Å². The van der Waals surface area contributed by atoms with E-state index in [4.69, 9.17) is 0 Å². The molecule has 0 N–H and O–H groups in total. The summed E-state index contributed by atoms with van der Waals surface area (Å²) in [5.74, 6) is -3.75. The quantitative estimate of drug-likeness (QED) is 0.441. The standard InChI is InChI=1S/C21H15F2N3O5S/c1-31-18(29)10-25-19-14(23)8-12(22)9-15(19)32-21(25)24-20(30)11-2-4-13(5-3-11)26-16(27)6-7-17(26)28/h2-5,8-9H,6-7,10H2,1H3. The first kappa shape index (κ1) is 21.5. The number of hydrogen-bond donors (Lipinski definition) is 0. The summed E-state index contributed by atoms with van der Waals surface area (Å²) in [7, 11) is 1.16. The van der Waals surface area contributed by atoms with E-state index in [0.29, 0.717) is 11.8 Å². The third-order valence-corrected chi connectivity index (χ3v) is 5.86. The van der Waals surface area contributed by atoms with Crippen LogP contribution in [0.15, 0.2) is 41.4 Å². The summed E-state index contributed by atoms with van der Waals surface area (Å²) in [4.78, 5) is 53.2. The molecule has 0 saturated carbocycles. The molecule has 1 fully saturated rings. The first-order valence-corrected chi connectivity index (χ1v) is 10.2. The molecule has 2 aromatic carbocycles. The molecule has 164 valence electrons. The van der Waals surface area contributed by atoms with E-state index in [1.54, 1.807) is 0 Å². The molecule has 0 atom stereocenters. The van der Waals surface area contributed by atoms with Gasteiger partial charge in [0.05, 0.1) is 23.0 Å². The first-order chi connectivity index (χ1) is 15.3. The van der Waals surface area contributed by atoms with Crippen molar-refractivity contribution >= 4 is 50.9 Å². The predicted molar refractivity (Wildman–Crippen MR) is 110 cm³/mol. The van der Waals surface area contributed by atoms with Gasteiger partial charge < -0.3 is 9.30 Å². The van der Waals surface area contributed by atoms with Gasteiger partial charge in [0.2, 0.25) is 11.8 Å². The molecule has 0 aliphatic carbocycles. The number of rotatable bonds is 4. The second-order valence-electron chi connectivity index (χ2n) is 6.87. The van der Waals surface area contributed by atoms with E-state index in [0.717, 1.165) is 34.0 Å². The van der Waals surface area contributed by atoms with Crippen LogP contribution in [0.4, 0.5) is 14.5 Å². The van der Waals surface area contributed by atoms with Gasteiger partial charge >= 0.3 is 5.97 Å². The van der Waals surface area contributed by atoms with Crippen molar-refractivity contribution in [3.63, 3.8) is 0 Å². The highest BCUT2D eigenvalue weighted by Gasteiger charge is 2.30. The highest BCUT2D eigenvalue weighted by molar-refractivity contribution is 7.16. The molecule has 0 radical (unpaired) electrons. The van der Waals surface area contributed by atoms with E-state index in [1.165, 1.54) is 24.3 Å². The van der Waals surface area contributed by atoms with Crippen LogP contribution in [0.25, 0.3) is 10.2 Å². The Morgan fingerprint density at radius 1 is 1.09 bits per heavy atom. The monoisotopic (exact) mass is 459 g/mol. The van der Waals surface area contributed by atoms with Gasteiger partial charge in [-0.3, -0.25) is 24.1 Å². The lowest BCUT2D eigenvalue weighted by atomic mass is 10.2. The summed E-state index contributed by atoms with van der Waals surface area (Å²) >= 11 is 0.842. The molecule has 32 heavy (non-hydrogen) atoms. The van der Waals surface area contributed by atoms with Crippen LogP contribution in [-0.2, 0) is 25.7 Å². The number of methoxy groups -OCH3 is 1. The van der Waals surface area contributed by atoms with E-state index in [1.807, 2.05) is 0 Å². The smallest absolute Gasteiger partial charge is 0.325 e. The molecule has 3 aromatic rings. The summed E-state index contributed by atoms with van der Waals surface area (Å²) in [5, 5.41) is 0. The zero-order valence-electron chi connectivity index (χ0n) is 16.6. The van der Waals surface area contributed by atoms with Crippen LogP contribution in [0.1, 0.15) is 23.2 Å². The summed E-state index contributed by atoms with van der Waals surface area (Å²) in [5.41, 5.74) is 0.408. The molecule has 1 aliphatic heterocycles. The van der Waals surface area contributed by atoms with Gasteiger partial charge in [-0.1, -0.05) is 11.3 Å². The summed E-state index contributed by atoms with van der Waals surface area (Å²) in [6.45, 7) is -0.427. The molecule has 0 unspecified atom stereocenters. The number of amides is 3. The second kappa shape index (κ2) is 8.42. The van der Waals surface area contributed by atoms with Gasteiger partial charge in [0.15, 0.2) is 10.6 Å². The van der Waals surface area contributed by atoms with Crippen LogP contribution < -0.4 is 9.70 Å². The van der Waals surface area contributed by atoms with Crippen molar-refractivity contribution in [3.8, 4) is 0 Å². The van der Waals surface area contributed by atoms with Gasteiger partial charge in [-0.05, 0) is 30.3 Å². The fraction of sp³-hybridized carbons (Fsp3) is 0.190. The SMILES string of the molecule is COC(=O)Cn1c(=NC(=O)c2ccc(N3C(=O)CCC3=O)cc2)sc2cc(F)cc(F)c21. The van der Waals surface area contributed by atoms with Gasteiger partial charge in [0.1, 0.15) is 12.4 Å². The van der Waals surface area contributed by atoms with E-state index in [-0.39, 0.29) is 45.2 Å². The highest BCUT2D eigenvalue weighted by atomic mass is 32.1. The molecular formula is C21H15F2N3O5S. The van der Waals surface area contributed by atoms with Crippen molar-refractivity contribution in [3.05, 3.63) is 58.4 Å². The lowest BCUT2D eigenvalue weighted by molar-refractivity contribution is -0.141. The number of aromatic nitrogens is 1. The average Bonchev–Trinajstić information content (AvgIpc) is 3.27. The maximum Gasteiger partial charge on any atom is 0.325 e. The number of anilines is 1. The normalized spacial score (nSPS) is 14.5. The minimum Gasteiger partial charge on any atom is -0.468 e. The average molecular weight is 459 g/mol. The van der Waals surface area contributed by atoms with E-state index < -0.39 is 30.1 Å². The van der Waals surface area contributed by atoms with Crippen LogP contribution in [0.2, 0.25) is 0 Å². The van der Waals surface area contributed by atoms with Crippen molar-refractivity contribution in [1.82, 2.24) is 4.57 Å². The number of halogens is 2. The van der Waals surface area contributed by atoms with Gasteiger partial charge in [0.25, 0.3) is 5.91 Å². The second-order valence-corrected chi connectivity index (χ2v) is 7.88. The Morgan fingerprint density at radius 2 is 1.75 bits per heavy atom. The van der Waals surface area contributed by atoms with Crippen LogP contribution >= 0.6 is 11.3 Å². The van der Waals surface area contributed by atoms with E-state index in [9.17, 15) is 28.0 Å². The molecule has 3 amide bonds. The predicted octanol–water partition coefficient (Wildman–Crippen LogP) is 2.55. The van der Waals surface area contributed by atoms with E-state index >= 15 is 0 Å². The minimum atomic E-state index is -0.904. The Balaban J connectivity index is 1.73. The molecular weight excluding hydrogens is 444 g/mol. The van der Waals surface area contributed by atoms with Crippen LogP contribution in [-0.4, -0.2) is 35.4 Å². The minimum absolute atomic E-state index is 0.0196. The third-order valence-electron chi connectivity index (χ3n) is 4.83. The molecule has 11 heteroatoms. The molecule has 0 bridgehead atoms.